The van der Waals surface area contributed by atoms with Crippen LogP contribution >= 0.6 is 11.8 Å². The first kappa shape index (κ1) is 25.2. The van der Waals surface area contributed by atoms with Gasteiger partial charge in [0, 0.05) is 68.4 Å². The molecule has 0 unspecified atom stereocenters. The number of para-hydroxylation sites is 1. The summed E-state index contributed by atoms with van der Waals surface area (Å²) >= 11 is 2.05. The van der Waals surface area contributed by atoms with Crippen LogP contribution in [0.15, 0.2) is 66.9 Å². The number of fused-ring (bicyclic) bond motifs is 1. The predicted octanol–water partition coefficient (Wildman–Crippen LogP) is 5.27. The number of ether oxygens (including phenoxy) is 1. The average molecular weight is 526 g/mol. The molecule has 1 aromatic heterocycles. The smallest absolute Gasteiger partial charge is 0.142 e. The molecule has 6 nitrogen and oxygen atoms in total. The summed E-state index contributed by atoms with van der Waals surface area (Å²) in [4.78, 5) is 17.3. The molecule has 2 saturated heterocycles. The van der Waals surface area contributed by atoms with Crippen molar-refractivity contribution >= 4 is 28.5 Å². The third kappa shape index (κ3) is 5.37. The van der Waals surface area contributed by atoms with E-state index in [1.165, 1.54) is 35.7 Å². The molecule has 0 atom stereocenters. The third-order valence-electron chi connectivity index (χ3n) is 7.67. The molecule has 4 aromatic rings. The molecule has 196 valence electrons. The maximum absolute atomic E-state index is 5.73. The lowest BCUT2D eigenvalue weighted by molar-refractivity contribution is 0.294. The number of anilines is 1. The van der Waals surface area contributed by atoms with Crippen molar-refractivity contribution in [3.63, 3.8) is 0 Å². The van der Waals surface area contributed by atoms with Gasteiger partial charge in [0.05, 0.1) is 35.7 Å². The van der Waals surface area contributed by atoms with Crippen molar-refractivity contribution in [2.24, 2.45) is 0 Å². The van der Waals surface area contributed by atoms with E-state index in [0.717, 1.165) is 72.0 Å². The van der Waals surface area contributed by atoms with E-state index in [0.29, 0.717) is 0 Å². The Morgan fingerprint density at radius 2 is 1.63 bits per heavy atom. The molecule has 6 rings (SSSR count). The summed E-state index contributed by atoms with van der Waals surface area (Å²) in [5.74, 6) is 3.37. The van der Waals surface area contributed by atoms with Gasteiger partial charge in [0.25, 0.3) is 0 Å². The van der Waals surface area contributed by atoms with Crippen molar-refractivity contribution in [1.82, 2.24) is 19.8 Å². The number of rotatable bonds is 6. The fraction of sp³-hybridized carbons (Fsp3) is 0.355. The molecule has 2 aliphatic rings. The van der Waals surface area contributed by atoms with Crippen LogP contribution in [-0.4, -0.2) is 84.7 Å². The van der Waals surface area contributed by atoms with Crippen LogP contribution in [0.2, 0.25) is 0 Å². The summed E-state index contributed by atoms with van der Waals surface area (Å²) in [6.45, 7) is 7.43. The van der Waals surface area contributed by atoms with Gasteiger partial charge >= 0.3 is 0 Å². The van der Waals surface area contributed by atoms with Crippen LogP contribution < -0.4 is 9.64 Å². The second kappa shape index (κ2) is 11.3. The lowest BCUT2D eigenvalue weighted by atomic mass is 10.0. The fourth-order valence-electron chi connectivity index (χ4n) is 5.36. The highest BCUT2D eigenvalue weighted by Crippen LogP contribution is 2.35. The number of benzene rings is 3. The minimum atomic E-state index is 0.877. The lowest BCUT2D eigenvalue weighted by Crippen LogP contribution is -2.44. The van der Waals surface area contributed by atoms with Gasteiger partial charge in [-0.25, -0.2) is 4.98 Å². The number of likely N-dealkylation sites (N-methyl/N-ethyl adjacent to an activating group) is 1. The average Bonchev–Trinajstić information content (AvgIpc) is 2.98. The second-order valence-corrected chi connectivity index (χ2v) is 11.4. The minimum Gasteiger partial charge on any atom is -0.495 e. The van der Waals surface area contributed by atoms with Gasteiger partial charge in [-0.2, -0.15) is 11.8 Å². The van der Waals surface area contributed by atoms with E-state index in [2.05, 4.69) is 88.1 Å². The van der Waals surface area contributed by atoms with Gasteiger partial charge in [0.15, 0.2) is 0 Å². The predicted molar refractivity (Wildman–Crippen MR) is 159 cm³/mol. The molecule has 2 fully saturated rings. The van der Waals surface area contributed by atoms with Crippen molar-refractivity contribution < 1.29 is 4.74 Å². The largest absolute Gasteiger partial charge is 0.495 e. The maximum Gasteiger partial charge on any atom is 0.142 e. The van der Waals surface area contributed by atoms with E-state index in [9.17, 15) is 0 Å². The molecular formula is C31H35N5OS. The van der Waals surface area contributed by atoms with Crippen LogP contribution in [-0.2, 0) is 6.54 Å². The van der Waals surface area contributed by atoms with Gasteiger partial charge < -0.3 is 14.5 Å². The molecule has 2 aliphatic heterocycles. The van der Waals surface area contributed by atoms with Crippen LogP contribution in [0.25, 0.3) is 33.4 Å². The summed E-state index contributed by atoms with van der Waals surface area (Å²) in [5.41, 5.74) is 8.55. The standard InChI is InChI=1S/C31H35N5OS/c1-34-12-14-36(15-13-34)29-20-25(10-11-30(29)37-2)28-21-32-27-5-3-4-26(31(27)33-28)24-8-6-23(7-9-24)22-35-16-18-38-19-17-35/h3-11,20-21H,12-19,22H2,1-2H3. The van der Waals surface area contributed by atoms with Crippen molar-refractivity contribution in [3.05, 3.63) is 72.4 Å². The number of thioether (sulfide) groups is 1. The van der Waals surface area contributed by atoms with E-state index in [-0.39, 0.29) is 0 Å². The third-order valence-corrected chi connectivity index (χ3v) is 8.61. The highest BCUT2D eigenvalue weighted by molar-refractivity contribution is 7.99. The van der Waals surface area contributed by atoms with Crippen LogP contribution in [0.4, 0.5) is 5.69 Å². The summed E-state index contributed by atoms with van der Waals surface area (Å²) in [7, 11) is 3.92. The molecule has 0 aliphatic carbocycles. The normalized spacial score (nSPS) is 17.2. The number of piperazine rings is 1. The zero-order valence-corrected chi connectivity index (χ0v) is 23.1. The highest BCUT2D eigenvalue weighted by atomic mass is 32.2. The minimum absolute atomic E-state index is 0.877. The Labute approximate surface area is 229 Å². The first-order chi connectivity index (χ1) is 18.7. The Balaban J connectivity index is 1.31. The Morgan fingerprint density at radius 3 is 2.39 bits per heavy atom. The number of hydrogen-bond acceptors (Lipinski definition) is 7. The first-order valence-electron chi connectivity index (χ1n) is 13.4. The molecule has 38 heavy (non-hydrogen) atoms. The van der Waals surface area contributed by atoms with E-state index < -0.39 is 0 Å². The Kier molecular flexibility index (Phi) is 7.49. The number of nitrogens with zero attached hydrogens (tertiary/aromatic N) is 5. The van der Waals surface area contributed by atoms with Gasteiger partial charge in [-0.15, -0.1) is 0 Å². The molecule has 3 heterocycles. The van der Waals surface area contributed by atoms with Gasteiger partial charge in [-0.05, 0) is 42.4 Å². The molecule has 0 N–H and O–H groups in total. The van der Waals surface area contributed by atoms with Crippen molar-refractivity contribution in [2.75, 3.05) is 69.8 Å². The second-order valence-electron chi connectivity index (χ2n) is 10.2. The summed E-state index contributed by atoms with van der Waals surface area (Å²) in [6, 6.07) is 21.6. The van der Waals surface area contributed by atoms with Crippen LogP contribution in [0.5, 0.6) is 5.75 Å². The van der Waals surface area contributed by atoms with E-state index in [4.69, 9.17) is 14.7 Å². The lowest BCUT2D eigenvalue weighted by Gasteiger charge is -2.35. The quantitative estimate of drug-likeness (QED) is 0.340. The molecule has 0 saturated carbocycles. The van der Waals surface area contributed by atoms with Crippen LogP contribution in [0.1, 0.15) is 5.56 Å². The Hall–Kier alpha value is -3.13. The summed E-state index contributed by atoms with van der Waals surface area (Å²) < 4.78 is 5.73. The summed E-state index contributed by atoms with van der Waals surface area (Å²) in [5, 5.41) is 0. The van der Waals surface area contributed by atoms with Crippen LogP contribution in [0, 0.1) is 0 Å². The molecule has 0 bridgehead atoms. The topological polar surface area (TPSA) is 44.7 Å². The van der Waals surface area contributed by atoms with E-state index in [1.807, 2.05) is 12.3 Å². The fourth-order valence-corrected chi connectivity index (χ4v) is 6.33. The van der Waals surface area contributed by atoms with Gasteiger partial charge in [0.2, 0.25) is 0 Å². The van der Waals surface area contributed by atoms with Gasteiger partial charge in [0.1, 0.15) is 5.75 Å². The molecule has 7 heteroatoms. The SMILES string of the molecule is COc1ccc(-c2cnc3cccc(-c4ccc(CN5CCSCC5)cc4)c3n2)cc1N1CCN(C)CC1. The van der Waals surface area contributed by atoms with Gasteiger partial charge in [-0.1, -0.05) is 36.4 Å². The number of methoxy groups -OCH3 is 1. The first-order valence-corrected chi connectivity index (χ1v) is 14.6. The highest BCUT2D eigenvalue weighted by Gasteiger charge is 2.19. The molecule has 3 aromatic carbocycles. The Bertz CT molecular complexity index is 1400. The maximum atomic E-state index is 5.73. The van der Waals surface area contributed by atoms with E-state index in [1.54, 1.807) is 7.11 Å². The van der Waals surface area contributed by atoms with Crippen molar-refractivity contribution in [1.29, 1.82) is 0 Å². The molecular weight excluding hydrogens is 490 g/mol. The van der Waals surface area contributed by atoms with E-state index >= 15 is 0 Å². The molecule has 0 radical (unpaired) electrons. The van der Waals surface area contributed by atoms with Gasteiger partial charge in [-0.3, -0.25) is 9.88 Å². The zero-order chi connectivity index (χ0) is 25.9. The molecule has 0 amide bonds. The Morgan fingerprint density at radius 1 is 0.868 bits per heavy atom. The number of hydrogen-bond donors (Lipinski definition) is 0. The zero-order valence-electron chi connectivity index (χ0n) is 22.3. The number of aromatic nitrogens is 2. The van der Waals surface area contributed by atoms with Crippen molar-refractivity contribution in [2.45, 2.75) is 6.54 Å². The molecule has 0 spiro atoms. The summed E-state index contributed by atoms with van der Waals surface area (Å²) in [6.07, 6.45) is 1.89. The van der Waals surface area contributed by atoms with Crippen molar-refractivity contribution in [3.8, 4) is 28.1 Å². The van der Waals surface area contributed by atoms with Crippen LogP contribution in [0.3, 0.4) is 0 Å². The monoisotopic (exact) mass is 525 g/mol.